The summed E-state index contributed by atoms with van der Waals surface area (Å²) in [6.07, 6.45) is 0. The fourth-order valence-electron chi connectivity index (χ4n) is 2.01. The van der Waals surface area contributed by atoms with Crippen LogP contribution in [-0.2, 0) is 11.3 Å². The number of likely N-dealkylation sites (N-methyl/N-ethyl adjacent to an activating group) is 1. The smallest absolute Gasteiger partial charge is 0.237 e. The van der Waals surface area contributed by atoms with Crippen molar-refractivity contribution >= 4 is 27.5 Å². The third-order valence-corrected chi connectivity index (χ3v) is 4.28. The molecule has 1 N–H and O–H groups in total. The van der Waals surface area contributed by atoms with Gasteiger partial charge in [-0.3, -0.25) is 9.69 Å². The zero-order valence-electron chi connectivity index (χ0n) is 13.3. The number of thiazole rings is 1. The first-order chi connectivity index (χ1) is 9.76. The molecule has 0 bridgehead atoms. The molecule has 2 aromatic rings. The molecule has 4 nitrogen and oxygen atoms in total. The van der Waals surface area contributed by atoms with E-state index in [1.165, 1.54) is 4.70 Å². The molecule has 1 heterocycles. The van der Waals surface area contributed by atoms with Crippen molar-refractivity contribution in [2.75, 3.05) is 7.05 Å². The first kappa shape index (κ1) is 15.9. The van der Waals surface area contributed by atoms with Crippen molar-refractivity contribution in [3.63, 3.8) is 0 Å². The average molecular weight is 305 g/mol. The van der Waals surface area contributed by atoms with E-state index >= 15 is 0 Å². The highest BCUT2D eigenvalue weighted by molar-refractivity contribution is 7.18. The Balaban J connectivity index is 2.03. The lowest BCUT2D eigenvalue weighted by molar-refractivity contribution is -0.127. The number of rotatable bonds is 4. The molecule has 0 saturated carbocycles. The van der Waals surface area contributed by atoms with E-state index in [2.05, 4.69) is 16.4 Å². The number of hydrogen-bond acceptors (Lipinski definition) is 4. The summed E-state index contributed by atoms with van der Waals surface area (Å²) in [6, 6.07) is 7.93. The van der Waals surface area contributed by atoms with Crippen LogP contribution in [0.25, 0.3) is 10.2 Å². The van der Waals surface area contributed by atoms with Gasteiger partial charge in [-0.15, -0.1) is 11.3 Å². The summed E-state index contributed by atoms with van der Waals surface area (Å²) in [5, 5.41) is 4.05. The Kier molecular flexibility index (Phi) is 4.64. The molecule has 0 unspecified atom stereocenters. The molecule has 1 atom stereocenters. The zero-order valence-corrected chi connectivity index (χ0v) is 14.1. The number of carbonyl (C=O) groups is 1. The molecule has 0 aliphatic heterocycles. The number of nitrogens with zero attached hydrogens (tertiary/aromatic N) is 2. The molecule has 1 aromatic heterocycles. The number of fused-ring (bicyclic) bond motifs is 1. The quantitative estimate of drug-likeness (QED) is 0.944. The first-order valence-corrected chi connectivity index (χ1v) is 7.94. The zero-order chi connectivity index (χ0) is 15.6. The topological polar surface area (TPSA) is 45.2 Å². The van der Waals surface area contributed by atoms with Crippen molar-refractivity contribution in [3.8, 4) is 0 Å². The highest BCUT2D eigenvalue weighted by Gasteiger charge is 2.23. The Morgan fingerprint density at radius 1 is 1.38 bits per heavy atom. The Morgan fingerprint density at radius 2 is 2.05 bits per heavy atom. The molecule has 1 aromatic carbocycles. The summed E-state index contributed by atoms with van der Waals surface area (Å²) in [7, 11) is 1.96. The van der Waals surface area contributed by atoms with E-state index in [4.69, 9.17) is 0 Å². The van der Waals surface area contributed by atoms with Crippen LogP contribution in [0.15, 0.2) is 24.3 Å². The standard InChI is InChI=1S/C16H23N3OS/c1-11(15(20)18-16(2,3)4)19(5)10-14-17-12-8-6-7-9-13(12)21-14/h6-9,11H,10H2,1-5H3,(H,18,20)/t11-/m1/s1. The third kappa shape index (κ3) is 4.25. The molecule has 0 aliphatic carbocycles. The number of para-hydroxylation sites is 1. The second kappa shape index (κ2) is 6.12. The minimum Gasteiger partial charge on any atom is -0.350 e. The van der Waals surface area contributed by atoms with Gasteiger partial charge < -0.3 is 5.32 Å². The SMILES string of the molecule is C[C@H](C(=O)NC(C)(C)C)N(C)Cc1nc2ccccc2s1. The highest BCUT2D eigenvalue weighted by atomic mass is 32.1. The molecule has 0 aliphatic rings. The second-order valence-electron chi connectivity index (χ2n) is 6.41. The monoisotopic (exact) mass is 305 g/mol. The highest BCUT2D eigenvalue weighted by Crippen LogP contribution is 2.22. The van der Waals surface area contributed by atoms with Crippen LogP contribution in [0.2, 0.25) is 0 Å². The lowest BCUT2D eigenvalue weighted by Gasteiger charge is -2.27. The van der Waals surface area contributed by atoms with Gasteiger partial charge in [0, 0.05) is 5.54 Å². The summed E-state index contributed by atoms with van der Waals surface area (Å²) in [5.74, 6) is 0.0473. The van der Waals surface area contributed by atoms with E-state index in [1.807, 2.05) is 57.8 Å². The Labute approximate surface area is 130 Å². The fraction of sp³-hybridized carbons (Fsp3) is 0.500. The van der Waals surface area contributed by atoms with Crippen LogP contribution >= 0.6 is 11.3 Å². The van der Waals surface area contributed by atoms with Gasteiger partial charge in [-0.1, -0.05) is 12.1 Å². The van der Waals surface area contributed by atoms with Crippen LogP contribution in [0.3, 0.4) is 0 Å². The van der Waals surface area contributed by atoms with Crippen molar-refractivity contribution in [1.82, 2.24) is 15.2 Å². The molecule has 0 radical (unpaired) electrons. The molecule has 0 spiro atoms. The van der Waals surface area contributed by atoms with Crippen LogP contribution in [0.1, 0.15) is 32.7 Å². The summed E-state index contributed by atoms with van der Waals surface area (Å²) >= 11 is 1.68. The van der Waals surface area contributed by atoms with Crippen molar-refractivity contribution in [1.29, 1.82) is 0 Å². The van der Waals surface area contributed by atoms with Crippen LogP contribution in [0, 0.1) is 0 Å². The number of aromatic nitrogens is 1. The Hall–Kier alpha value is -1.46. The van der Waals surface area contributed by atoms with E-state index < -0.39 is 0 Å². The molecule has 21 heavy (non-hydrogen) atoms. The van der Waals surface area contributed by atoms with Crippen LogP contribution in [0.4, 0.5) is 0 Å². The van der Waals surface area contributed by atoms with Crippen LogP contribution < -0.4 is 5.32 Å². The van der Waals surface area contributed by atoms with Crippen molar-refractivity contribution < 1.29 is 4.79 Å². The number of carbonyl (C=O) groups excluding carboxylic acids is 1. The number of amides is 1. The second-order valence-corrected chi connectivity index (χ2v) is 7.52. The van der Waals surface area contributed by atoms with Crippen molar-refractivity contribution in [2.45, 2.75) is 45.8 Å². The lowest BCUT2D eigenvalue weighted by atomic mass is 10.1. The number of hydrogen-bond donors (Lipinski definition) is 1. The maximum Gasteiger partial charge on any atom is 0.237 e. The molecule has 1 amide bonds. The van der Waals surface area contributed by atoms with Gasteiger partial charge in [0.2, 0.25) is 5.91 Å². The fourth-order valence-corrected chi connectivity index (χ4v) is 3.04. The maximum atomic E-state index is 12.2. The van der Waals surface area contributed by atoms with E-state index in [0.29, 0.717) is 6.54 Å². The predicted octanol–water partition coefficient (Wildman–Crippen LogP) is 3.03. The van der Waals surface area contributed by atoms with Gasteiger partial charge in [0.25, 0.3) is 0 Å². The largest absolute Gasteiger partial charge is 0.350 e. The van der Waals surface area contributed by atoms with Gasteiger partial charge in [0.15, 0.2) is 0 Å². The third-order valence-electron chi connectivity index (χ3n) is 3.26. The summed E-state index contributed by atoms with van der Waals surface area (Å²) in [5.41, 5.74) is 0.819. The summed E-state index contributed by atoms with van der Waals surface area (Å²) in [4.78, 5) is 18.8. The Bertz CT molecular complexity index is 597. The average Bonchev–Trinajstić information content (AvgIpc) is 2.77. The van der Waals surface area contributed by atoms with Gasteiger partial charge in [-0.25, -0.2) is 4.98 Å². The van der Waals surface area contributed by atoms with Gasteiger partial charge >= 0.3 is 0 Å². The van der Waals surface area contributed by atoms with Crippen LogP contribution in [-0.4, -0.2) is 34.4 Å². The maximum absolute atomic E-state index is 12.2. The molecule has 5 heteroatoms. The first-order valence-electron chi connectivity index (χ1n) is 7.13. The van der Waals surface area contributed by atoms with Gasteiger partial charge in [-0.2, -0.15) is 0 Å². The minimum absolute atomic E-state index is 0.0473. The molecule has 2 rings (SSSR count). The van der Waals surface area contributed by atoms with Crippen LogP contribution in [0.5, 0.6) is 0 Å². The van der Waals surface area contributed by atoms with Crippen molar-refractivity contribution in [2.24, 2.45) is 0 Å². The predicted molar refractivity (Wildman–Crippen MR) is 88.4 cm³/mol. The summed E-state index contributed by atoms with van der Waals surface area (Å²) in [6.45, 7) is 8.58. The number of benzene rings is 1. The molecule has 0 saturated heterocycles. The van der Waals surface area contributed by atoms with Gasteiger partial charge in [0.1, 0.15) is 5.01 Å². The molecule has 0 fully saturated rings. The van der Waals surface area contributed by atoms with E-state index in [9.17, 15) is 4.79 Å². The van der Waals surface area contributed by atoms with E-state index in [0.717, 1.165) is 10.5 Å². The van der Waals surface area contributed by atoms with Gasteiger partial charge in [-0.05, 0) is 46.9 Å². The molecular formula is C16H23N3OS. The number of nitrogens with one attached hydrogen (secondary N) is 1. The van der Waals surface area contributed by atoms with E-state index in [-0.39, 0.29) is 17.5 Å². The van der Waals surface area contributed by atoms with Gasteiger partial charge in [0.05, 0.1) is 22.8 Å². The minimum atomic E-state index is -0.206. The molecule has 114 valence electrons. The lowest BCUT2D eigenvalue weighted by Crippen LogP contribution is -2.49. The molecular weight excluding hydrogens is 282 g/mol. The van der Waals surface area contributed by atoms with Crippen molar-refractivity contribution in [3.05, 3.63) is 29.3 Å². The normalized spacial score (nSPS) is 13.6. The summed E-state index contributed by atoms with van der Waals surface area (Å²) < 4.78 is 1.19. The Morgan fingerprint density at radius 3 is 2.67 bits per heavy atom. The van der Waals surface area contributed by atoms with E-state index in [1.54, 1.807) is 11.3 Å².